The third kappa shape index (κ3) is 2.58. The maximum atomic E-state index is 12.5. The highest BCUT2D eigenvalue weighted by atomic mass is 16.1. The summed E-state index contributed by atoms with van der Waals surface area (Å²) in [5.74, 6) is 0.744. The topological polar surface area (TPSA) is 71.8 Å². The second-order valence-corrected chi connectivity index (χ2v) is 7.03. The molecule has 2 aliphatic rings. The molecule has 6 nitrogen and oxygen atoms in total. The first-order valence-electron chi connectivity index (χ1n) is 8.11. The fourth-order valence-corrected chi connectivity index (χ4v) is 3.17. The van der Waals surface area contributed by atoms with Gasteiger partial charge in [-0.3, -0.25) is 9.78 Å². The second kappa shape index (κ2) is 5.08. The maximum Gasteiger partial charge on any atom is 0.256 e. The van der Waals surface area contributed by atoms with Crippen LogP contribution in [0.15, 0.2) is 30.6 Å². The van der Waals surface area contributed by atoms with E-state index in [-0.39, 0.29) is 17.5 Å². The lowest BCUT2D eigenvalue weighted by molar-refractivity contribution is 0.0951. The maximum absolute atomic E-state index is 12.5. The highest BCUT2D eigenvalue weighted by molar-refractivity contribution is 5.99. The van der Waals surface area contributed by atoms with Crippen LogP contribution in [0, 0.1) is 0 Å². The molecule has 0 spiro atoms. The summed E-state index contributed by atoms with van der Waals surface area (Å²) in [6, 6.07) is 6.33. The lowest BCUT2D eigenvalue weighted by Gasteiger charge is -2.37. The quantitative estimate of drug-likeness (QED) is 0.913. The van der Waals surface area contributed by atoms with Crippen LogP contribution >= 0.6 is 0 Å². The molecule has 6 heteroatoms. The van der Waals surface area contributed by atoms with Crippen LogP contribution < -0.4 is 10.6 Å². The Balaban J connectivity index is 1.68. The summed E-state index contributed by atoms with van der Waals surface area (Å²) in [7, 11) is 0. The van der Waals surface area contributed by atoms with E-state index in [1.54, 1.807) is 12.4 Å². The fraction of sp³-hybridized carbons (Fsp3) is 0.471. The molecule has 4 rings (SSSR count). The number of carbonyl (C=O) groups excluding carboxylic acids is 1. The van der Waals surface area contributed by atoms with Gasteiger partial charge in [-0.2, -0.15) is 5.10 Å². The van der Waals surface area contributed by atoms with E-state index >= 15 is 0 Å². The Morgan fingerprint density at radius 3 is 2.91 bits per heavy atom. The van der Waals surface area contributed by atoms with Crippen molar-refractivity contribution in [2.45, 2.75) is 50.7 Å². The van der Waals surface area contributed by atoms with Gasteiger partial charge < -0.3 is 10.6 Å². The molecule has 1 aliphatic heterocycles. The predicted octanol–water partition coefficient (Wildman–Crippen LogP) is 2.46. The van der Waals surface area contributed by atoms with Crippen LogP contribution in [0.25, 0.3) is 0 Å². The summed E-state index contributed by atoms with van der Waals surface area (Å²) in [6.07, 6.45) is 6.48. The normalized spacial score (nSPS) is 22.1. The summed E-state index contributed by atoms with van der Waals surface area (Å²) in [5, 5.41) is 11.0. The third-order valence-electron chi connectivity index (χ3n) is 4.56. The first-order valence-corrected chi connectivity index (χ1v) is 8.11. The van der Waals surface area contributed by atoms with Gasteiger partial charge in [0.15, 0.2) is 0 Å². The lowest BCUT2D eigenvalue weighted by Crippen LogP contribution is -2.39. The SMILES string of the molecule is CC1(C)CC(c2ccccn2)Nc2c(C(=O)NC3CC3)cnn21. The molecule has 1 saturated carbocycles. The van der Waals surface area contributed by atoms with Crippen molar-refractivity contribution < 1.29 is 4.79 Å². The fourth-order valence-electron chi connectivity index (χ4n) is 3.17. The van der Waals surface area contributed by atoms with Crippen molar-refractivity contribution in [2.24, 2.45) is 0 Å². The molecule has 2 aromatic rings. The van der Waals surface area contributed by atoms with E-state index in [1.807, 2.05) is 22.9 Å². The van der Waals surface area contributed by atoms with E-state index in [9.17, 15) is 4.79 Å². The number of hydrogen-bond donors (Lipinski definition) is 2. The van der Waals surface area contributed by atoms with Gasteiger partial charge in [-0.1, -0.05) is 6.07 Å². The summed E-state index contributed by atoms with van der Waals surface area (Å²) < 4.78 is 1.92. The average Bonchev–Trinajstić information content (AvgIpc) is 3.23. The van der Waals surface area contributed by atoms with E-state index in [0.29, 0.717) is 11.6 Å². The first-order chi connectivity index (χ1) is 11.0. The number of nitrogens with one attached hydrogen (secondary N) is 2. The zero-order valence-electron chi connectivity index (χ0n) is 13.4. The van der Waals surface area contributed by atoms with Gasteiger partial charge in [0.1, 0.15) is 11.4 Å². The van der Waals surface area contributed by atoms with Crippen molar-refractivity contribution in [1.82, 2.24) is 20.1 Å². The van der Waals surface area contributed by atoms with E-state index in [2.05, 4.69) is 34.6 Å². The van der Waals surface area contributed by atoms with E-state index in [0.717, 1.165) is 30.8 Å². The average molecular weight is 311 g/mol. The van der Waals surface area contributed by atoms with Crippen LogP contribution in [0.1, 0.15) is 55.2 Å². The standard InChI is InChI=1S/C17H21N5O/c1-17(2)9-14(13-5-3-4-8-18-13)21-15-12(10-19-22(15)17)16(23)20-11-6-7-11/h3-5,8,10-11,14,21H,6-7,9H2,1-2H3,(H,20,23). The van der Waals surface area contributed by atoms with Crippen molar-refractivity contribution >= 4 is 11.7 Å². The third-order valence-corrected chi connectivity index (χ3v) is 4.56. The minimum Gasteiger partial charge on any atom is -0.361 e. The number of hydrogen-bond acceptors (Lipinski definition) is 4. The van der Waals surface area contributed by atoms with Crippen LogP contribution in [-0.2, 0) is 5.54 Å². The van der Waals surface area contributed by atoms with Crippen molar-refractivity contribution in [2.75, 3.05) is 5.32 Å². The Morgan fingerprint density at radius 2 is 2.22 bits per heavy atom. The largest absolute Gasteiger partial charge is 0.361 e. The molecule has 0 aromatic carbocycles. The smallest absolute Gasteiger partial charge is 0.256 e. The Kier molecular flexibility index (Phi) is 3.14. The van der Waals surface area contributed by atoms with Gasteiger partial charge in [0.2, 0.25) is 0 Å². The molecule has 0 radical (unpaired) electrons. The van der Waals surface area contributed by atoms with Gasteiger partial charge >= 0.3 is 0 Å². The molecule has 2 N–H and O–H groups in total. The molecule has 1 aliphatic carbocycles. The van der Waals surface area contributed by atoms with Crippen LogP contribution in [0.5, 0.6) is 0 Å². The van der Waals surface area contributed by atoms with Crippen molar-refractivity contribution in [1.29, 1.82) is 0 Å². The molecular weight excluding hydrogens is 290 g/mol. The monoisotopic (exact) mass is 311 g/mol. The number of pyridine rings is 1. The number of amides is 1. The van der Waals surface area contributed by atoms with Crippen LogP contribution in [0.4, 0.5) is 5.82 Å². The Bertz CT molecular complexity index is 733. The van der Waals surface area contributed by atoms with Crippen molar-refractivity contribution in [3.8, 4) is 0 Å². The lowest BCUT2D eigenvalue weighted by atomic mass is 9.91. The molecule has 1 amide bonds. The van der Waals surface area contributed by atoms with Crippen molar-refractivity contribution in [3.05, 3.63) is 41.9 Å². The molecular formula is C17H21N5O. The van der Waals surface area contributed by atoms with Gasteiger partial charge in [0.05, 0.1) is 23.5 Å². The van der Waals surface area contributed by atoms with E-state index in [4.69, 9.17) is 0 Å². The van der Waals surface area contributed by atoms with Gasteiger partial charge in [-0.05, 0) is 45.2 Å². The summed E-state index contributed by atoms with van der Waals surface area (Å²) in [6.45, 7) is 4.28. The minimum atomic E-state index is -0.180. The Labute approximate surface area is 135 Å². The van der Waals surface area contributed by atoms with E-state index in [1.165, 1.54) is 0 Å². The Hall–Kier alpha value is -2.37. The molecule has 23 heavy (non-hydrogen) atoms. The highest BCUT2D eigenvalue weighted by Gasteiger charge is 2.37. The predicted molar refractivity (Wildman–Crippen MR) is 87.3 cm³/mol. The Morgan fingerprint density at radius 1 is 1.39 bits per heavy atom. The van der Waals surface area contributed by atoms with Gasteiger partial charge in [0, 0.05) is 12.2 Å². The number of carbonyl (C=O) groups is 1. The molecule has 120 valence electrons. The van der Waals surface area contributed by atoms with Crippen LogP contribution in [-0.4, -0.2) is 26.7 Å². The minimum absolute atomic E-state index is 0.0429. The summed E-state index contributed by atoms with van der Waals surface area (Å²) >= 11 is 0. The van der Waals surface area contributed by atoms with Gasteiger partial charge in [-0.25, -0.2) is 4.68 Å². The number of fused-ring (bicyclic) bond motifs is 1. The number of aromatic nitrogens is 3. The zero-order valence-corrected chi connectivity index (χ0v) is 13.4. The van der Waals surface area contributed by atoms with Gasteiger partial charge in [0.25, 0.3) is 5.91 Å². The molecule has 3 heterocycles. The molecule has 1 unspecified atom stereocenters. The van der Waals surface area contributed by atoms with Crippen LogP contribution in [0.2, 0.25) is 0 Å². The summed E-state index contributed by atoms with van der Waals surface area (Å²) in [5.41, 5.74) is 1.42. The molecule has 0 bridgehead atoms. The zero-order chi connectivity index (χ0) is 16.0. The first kappa shape index (κ1) is 14.2. The van der Waals surface area contributed by atoms with E-state index < -0.39 is 0 Å². The number of anilines is 1. The van der Waals surface area contributed by atoms with Crippen molar-refractivity contribution in [3.63, 3.8) is 0 Å². The number of nitrogens with zero attached hydrogens (tertiary/aromatic N) is 3. The van der Waals surface area contributed by atoms with Gasteiger partial charge in [-0.15, -0.1) is 0 Å². The molecule has 1 fully saturated rings. The summed E-state index contributed by atoms with van der Waals surface area (Å²) in [4.78, 5) is 16.9. The molecule has 2 aromatic heterocycles. The van der Waals surface area contributed by atoms with Crippen LogP contribution in [0.3, 0.4) is 0 Å². The second-order valence-electron chi connectivity index (χ2n) is 7.03. The number of rotatable bonds is 3. The molecule has 1 atom stereocenters. The highest BCUT2D eigenvalue weighted by Crippen LogP contribution is 2.39. The molecule has 0 saturated heterocycles.